The van der Waals surface area contributed by atoms with Gasteiger partial charge >= 0.3 is 5.97 Å². The molecule has 1 amide bonds. The molecule has 0 saturated carbocycles. The lowest BCUT2D eigenvalue weighted by atomic mass is 9.87. The molecule has 6 rings (SSSR count). The van der Waals surface area contributed by atoms with Crippen molar-refractivity contribution in [3.63, 3.8) is 0 Å². The maximum Gasteiger partial charge on any atom is 0.328 e. The maximum absolute atomic E-state index is 14.1. The van der Waals surface area contributed by atoms with Crippen molar-refractivity contribution in [2.75, 3.05) is 27.5 Å². The van der Waals surface area contributed by atoms with E-state index in [-0.39, 0.29) is 19.2 Å². The molecule has 4 aromatic rings. The lowest BCUT2D eigenvalue weighted by molar-refractivity contribution is -0.155. The van der Waals surface area contributed by atoms with E-state index in [0.717, 1.165) is 33.3 Å². The highest BCUT2D eigenvalue weighted by Gasteiger charge is 2.44. The van der Waals surface area contributed by atoms with Crippen LogP contribution in [0.2, 0.25) is 0 Å². The molecule has 2 atom stereocenters. The molecule has 194 valence electrons. The van der Waals surface area contributed by atoms with Gasteiger partial charge in [0.2, 0.25) is 12.7 Å². The number of H-pyrrole nitrogens is 1. The Morgan fingerprint density at radius 1 is 1.03 bits per heavy atom. The molecular formula is C30H29N3O5. The Morgan fingerprint density at radius 3 is 2.61 bits per heavy atom. The average Bonchev–Trinajstić information content (AvgIpc) is 3.56. The second kappa shape index (κ2) is 9.87. The number of carbonyl (C=O) groups is 2. The summed E-state index contributed by atoms with van der Waals surface area (Å²) in [6, 6.07) is 22.4. The molecule has 0 radical (unpaired) electrons. The molecule has 0 fully saturated rings. The smallest absolute Gasteiger partial charge is 0.328 e. The van der Waals surface area contributed by atoms with Crippen molar-refractivity contribution in [3.05, 3.63) is 95.2 Å². The van der Waals surface area contributed by atoms with Gasteiger partial charge in [0.05, 0.1) is 19.7 Å². The van der Waals surface area contributed by atoms with E-state index in [1.54, 1.807) is 4.90 Å². The zero-order chi connectivity index (χ0) is 26.2. The number of methoxy groups -OCH3 is 1. The summed E-state index contributed by atoms with van der Waals surface area (Å²) in [6.45, 7) is 0.896. The Balaban J connectivity index is 1.44. The summed E-state index contributed by atoms with van der Waals surface area (Å²) in [5.41, 5.74) is 4.80. The number of nitrogens with zero attached hydrogens (tertiary/aromatic N) is 2. The second-order valence-electron chi connectivity index (χ2n) is 9.78. The van der Waals surface area contributed by atoms with E-state index in [1.807, 2.05) is 84.7 Å². The van der Waals surface area contributed by atoms with E-state index >= 15 is 0 Å². The normalized spacial score (nSPS) is 18.0. The molecule has 8 nitrogen and oxygen atoms in total. The minimum atomic E-state index is -0.778. The third-order valence-corrected chi connectivity index (χ3v) is 7.31. The summed E-state index contributed by atoms with van der Waals surface area (Å²) in [5, 5.41) is 1.04. The number of aromatic nitrogens is 1. The number of carbonyl (C=O) groups excluding carboxylic acids is 2. The van der Waals surface area contributed by atoms with Crippen molar-refractivity contribution in [1.82, 2.24) is 14.8 Å². The van der Waals surface area contributed by atoms with E-state index in [2.05, 4.69) is 4.98 Å². The van der Waals surface area contributed by atoms with Gasteiger partial charge < -0.3 is 24.1 Å². The molecule has 0 spiro atoms. The number of para-hydroxylation sites is 1. The monoisotopic (exact) mass is 511 g/mol. The van der Waals surface area contributed by atoms with E-state index in [0.29, 0.717) is 24.5 Å². The van der Waals surface area contributed by atoms with E-state index in [4.69, 9.17) is 14.2 Å². The van der Waals surface area contributed by atoms with E-state index in [9.17, 15) is 9.59 Å². The number of fused-ring (bicyclic) bond motifs is 4. The number of ether oxygens (including phenoxy) is 3. The molecule has 0 saturated heterocycles. The van der Waals surface area contributed by atoms with Gasteiger partial charge in [-0.2, -0.15) is 0 Å². The van der Waals surface area contributed by atoms with Gasteiger partial charge in [0.15, 0.2) is 11.5 Å². The van der Waals surface area contributed by atoms with E-state index in [1.165, 1.54) is 7.11 Å². The van der Waals surface area contributed by atoms with Crippen molar-refractivity contribution in [1.29, 1.82) is 0 Å². The number of esters is 1. The molecule has 38 heavy (non-hydrogen) atoms. The summed E-state index contributed by atoms with van der Waals surface area (Å²) >= 11 is 0. The largest absolute Gasteiger partial charge is 0.467 e. The minimum Gasteiger partial charge on any atom is -0.467 e. The van der Waals surface area contributed by atoms with Crippen LogP contribution in [0.4, 0.5) is 0 Å². The summed E-state index contributed by atoms with van der Waals surface area (Å²) in [6.07, 6.45) is 0.362. The third-order valence-electron chi connectivity index (χ3n) is 7.31. The van der Waals surface area contributed by atoms with Crippen molar-refractivity contribution in [2.45, 2.75) is 25.0 Å². The van der Waals surface area contributed by atoms with Crippen LogP contribution in [0, 0.1) is 0 Å². The number of likely N-dealkylation sites (N-methyl/N-ethyl adjacent to an activating group) is 1. The first-order valence-corrected chi connectivity index (χ1v) is 12.6. The Labute approximate surface area is 220 Å². The molecular weight excluding hydrogens is 482 g/mol. The minimum absolute atomic E-state index is 0.138. The number of aromatic amines is 1. The van der Waals surface area contributed by atoms with Crippen LogP contribution >= 0.6 is 0 Å². The van der Waals surface area contributed by atoms with Gasteiger partial charge in [0.25, 0.3) is 0 Å². The van der Waals surface area contributed by atoms with Gasteiger partial charge in [0.1, 0.15) is 6.04 Å². The Kier molecular flexibility index (Phi) is 6.25. The Hall–Kier alpha value is -4.30. The zero-order valence-corrected chi connectivity index (χ0v) is 21.3. The maximum atomic E-state index is 14.1. The number of benzene rings is 3. The quantitative estimate of drug-likeness (QED) is 0.394. The lowest BCUT2D eigenvalue weighted by Crippen LogP contribution is -2.54. The Bertz CT molecular complexity index is 1500. The van der Waals surface area contributed by atoms with Gasteiger partial charge in [-0.15, -0.1) is 0 Å². The van der Waals surface area contributed by atoms with Gasteiger partial charge in [-0.3, -0.25) is 9.69 Å². The SMILES string of the molecule is COC(=O)[C@H]1Cc2c([nH]c3ccccc23)[C@@H](c2ccc3c(c2)OCO3)N1C(=O)CN(C)Cc1ccccc1. The van der Waals surface area contributed by atoms with Gasteiger partial charge in [-0.1, -0.05) is 54.6 Å². The van der Waals surface area contributed by atoms with Crippen molar-refractivity contribution in [3.8, 4) is 11.5 Å². The first-order valence-electron chi connectivity index (χ1n) is 12.6. The van der Waals surface area contributed by atoms with Crippen molar-refractivity contribution >= 4 is 22.8 Å². The van der Waals surface area contributed by atoms with Crippen LogP contribution in [0.15, 0.2) is 72.8 Å². The predicted molar refractivity (Wildman–Crippen MR) is 142 cm³/mol. The summed E-state index contributed by atoms with van der Waals surface area (Å²) in [7, 11) is 3.28. The number of amides is 1. The standard InChI is InChI=1S/C30H29N3O5/c1-32(16-19-8-4-3-5-9-19)17-27(34)33-24(30(35)36-2)15-22-21-10-6-7-11-23(21)31-28(22)29(33)20-12-13-25-26(14-20)38-18-37-25/h3-14,24,29,31H,15-18H2,1-2H3/t24-,29-/m1/s1. The fraction of sp³-hybridized carbons (Fsp3) is 0.267. The third kappa shape index (κ3) is 4.26. The van der Waals surface area contributed by atoms with Gasteiger partial charge in [0, 0.05) is 29.6 Å². The molecule has 3 aromatic carbocycles. The van der Waals surface area contributed by atoms with Crippen LogP contribution in [0.3, 0.4) is 0 Å². The highest BCUT2D eigenvalue weighted by Crippen LogP contribution is 2.44. The molecule has 2 aliphatic heterocycles. The zero-order valence-electron chi connectivity index (χ0n) is 21.3. The lowest BCUT2D eigenvalue weighted by Gasteiger charge is -2.41. The topological polar surface area (TPSA) is 84.1 Å². The second-order valence-corrected chi connectivity index (χ2v) is 9.78. The van der Waals surface area contributed by atoms with Crippen molar-refractivity contribution < 1.29 is 23.8 Å². The summed E-state index contributed by atoms with van der Waals surface area (Å²) in [5.74, 6) is 0.678. The molecule has 2 aliphatic rings. The number of nitrogens with one attached hydrogen (secondary N) is 1. The van der Waals surface area contributed by atoms with Crippen LogP contribution in [-0.4, -0.2) is 60.2 Å². The van der Waals surface area contributed by atoms with Gasteiger partial charge in [-0.05, 0) is 41.9 Å². The molecule has 1 N–H and O–H groups in total. The van der Waals surface area contributed by atoms with Crippen LogP contribution in [0.1, 0.15) is 28.4 Å². The highest BCUT2D eigenvalue weighted by molar-refractivity contribution is 5.91. The molecule has 1 aromatic heterocycles. The molecule has 0 aliphatic carbocycles. The van der Waals surface area contributed by atoms with Crippen LogP contribution in [0.25, 0.3) is 10.9 Å². The molecule has 0 bridgehead atoms. The van der Waals surface area contributed by atoms with Crippen molar-refractivity contribution in [2.24, 2.45) is 0 Å². The van der Waals surface area contributed by atoms with Crippen LogP contribution in [-0.2, 0) is 27.3 Å². The van der Waals surface area contributed by atoms with E-state index < -0.39 is 18.1 Å². The average molecular weight is 512 g/mol. The molecule has 3 heterocycles. The first kappa shape index (κ1) is 24.1. The number of rotatable bonds is 6. The number of hydrogen-bond donors (Lipinski definition) is 1. The summed E-state index contributed by atoms with van der Waals surface area (Å²) in [4.78, 5) is 34.5. The number of hydrogen-bond acceptors (Lipinski definition) is 6. The predicted octanol–water partition coefficient (Wildman–Crippen LogP) is 4.04. The fourth-order valence-electron chi connectivity index (χ4n) is 5.61. The molecule has 0 unspecified atom stereocenters. The van der Waals surface area contributed by atoms with Crippen LogP contribution in [0.5, 0.6) is 11.5 Å². The van der Waals surface area contributed by atoms with Gasteiger partial charge in [-0.25, -0.2) is 4.79 Å². The van der Waals surface area contributed by atoms with Crippen LogP contribution < -0.4 is 9.47 Å². The first-order chi connectivity index (χ1) is 18.5. The fourth-order valence-corrected chi connectivity index (χ4v) is 5.61. The Morgan fingerprint density at radius 2 is 1.79 bits per heavy atom. The summed E-state index contributed by atoms with van der Waals surface area (Å²) < 4.78 is 16.4. The highest BCUT2D eigenvalue weighted by atomic mass is 16.7. The molecule has 8 heteroatoms.